The molecule has 0 saturated carbocycles. The standard InChI is InChI=1S/C5H11N2OP/c6-5-2-1-4(7-5)3-8-9/h4H,1-3,9H2,(H2,6,7). The van der Waals surface area contributed by atoms with Crippen molar-refractivity contribution in [1.29, 1.82) is 0 Å². The third kappa shape index (κ3) is 1.92. The highest BCUT2D eigenvalue weighted by Crippen LogP contribution is 2.11. The van der Waals surface area contributed by atoms with E-state index in [4.69, 9.17) is 10.3 Å². The fraction of sp³-hybridized carbons (Fsp3) is 0.800. The summed E-state index contributed by atoms with van der Waals surface area (Å²) in [5, 5.41) is 0. The number of nitrogens with two attached hydrogens (primary N) is 1. The van der Waals surface area contributed by atoms with Gasteiger partial charge in [0.2, 0.25) is 0 Å². The van der Waals surface area contributed by atoms with Gasteiger partial charge in [0, 0.05) is 15.9 Å². The molecule has 0 aromatic heterocycles. The minimum atomic E-state index is 0.308. The summed E-state index contributed by atoms with van der Waals surface area (Å²) in [4.78, 5) is 4.13. The Morgan fingerprint density at radius 1 is 1.89 bits per heavy atom. The van der Waals surface area contributed by atoms with Crippen LogP contribution < -0.4 is 5.73 Å². The van der Waals surface area contributed by atoms with Crippen LogP contribution in [0.4, 0.5) is 0 Å². The highest BCUT2D eigenvalue weighted by molar-refractivity contribution is 7.09. The fourth-order valence-corrected chi connectivity index (χ4v) is 1.13. The van der Waals surface area contributed by atoms with Crippen molar-refractivity contribution >= 4 is 15.3 Å². The molecule has 0 aromatic carbocycles. The summed E-state index contributed by atoms with van der Waals surface area (Å²) in [5.74, 6) is 0.766. The Morgan fingerprint density at radius 2 is 2.67 bits per heavy atom. The number of aliphatic imine (C=N–C) groups is 1. The number of amidine groups is 1. The molecule has 0 amide bonds. The molecule has 9 heavy (non-hydrogen) atoms. The van der Waals surface area contributed by atoms with E-state index in [0.29, 0.717) is 12.6 Å². The maximum absolute atomic E-state index is 5.44. The van der Waals surface area contributed by atoms with E-state index in [1.165, 1.54) is 0 Å². The number of hydrogen-bond acceptors (Lipinski definition) is 3. The van der Waals surface area contributed by atoms with Crippen LogP contribution in [-0.4, -0.2) is 18.5 Å². The molecule has 4 heteroatoms. The van der Waals surface area contributed by atoms with Crippen molar-refractivity contribution in [2.45, 2.75) is 18.9 Å². The highest BCUT2D eigenvalue weighted by atomic mass is 31.0. The number of hydrogen-bond donors (Lipinski definition) is 1. The van der Waals surface area contributed by atoms with E-state index in [1.54, 1.807) is 0 Å². The van der Waals surface area contributed by atoms with E-state index in [-0.39, 0.29) is 0 Å². The van der Waals surface area contributed by atoms with Gasteiger partial charge in [-0.3, -0.25) is 4.99 Å². The Bertz CT molecular complexity index is 126. The summed E-state index contributed by atoms with van der Waals surface area (Å²) in [6.07, 6.45) is 1.97. The van der Waals surface area contributed by atoms with Gasteiger partial charge in [0.1, 0.15) is 0 Å². The molecule has 1 heterocycles. The molecule has 0 aromatic rings. The van der Waals surface area contributed by atoms with Gasteiger partial charge in [-0.15, -0.1) is 0 Å². The molecule has 3 nitrogen and oxygen atoms in total. The number of nitrogens with zero attached hydrogens (tertiary/aromatic N) is 1. The van der Waals surface area contributed by atoms with Crippen molar-refractivity contribution in [3.8, 4) is 0 Å². The van der Waals surface area contributed by atoms with Crippen molar-refractivity contribution in [3.63, 3.8) is 0 Å². The summed E-state index contributed by atoms with van der Waals surface area (Å²) in [6.45, 7) is 0.672. The van der Waals surface area contributed by atoms with Crippen LogP contribution in [0.2, 0.25) is 0 Å². The monoisotopic (exact) mass is 146 g/mol. The Kier molecular flexibility index (Phi) is 2.43. The van der Waals surface area contributed by atoms with Gasteiger partial charge in [-0.05, 0) is 6.42 Å². The second-order valence-corrected chi connectivity index (χ2v) is 2.48. The van der Waals surface area contributed by atoms with Crippen LogP contribution in [0.3, 0.4) is 0 Å². The minimum absolute atomic E-state index is 0.308. The Labute approximate surface area is 57.0 Å². The lowest BCUT2D eigenvalue weighted by molar-refractivity contribution is 0.334. The van der Waals surface area contributed by atoms with Gasteiger partial charge in [0.05, 0.1) is 18.5 Å². The van der Waals surface area contributed by atoms with E-state index in [9.17, 15) is 0 Å². The average Bonchev–Trinajstić information content (AvgIpc) is 2.17. The first-order chi connectivity index (χ1) is 4.33. The first kappa shape index (κ1) is 6.97. The van der Waals surface area contributed by atoms with Gasteiger partial charge in [-0.25, -0.2) is 0 Å². The zero-order valence-electron chi connectivity index (χ0n) is 5.21. The predicted octanol–water partition coefficient (Wildman–Crippen LogP) is 0.313. The van der Waals surface area contributed by atoms with Crippen molar-refractivity contribution in [1.82, 2.24) is 0 Å². The van der Waals surface area contributed by atoms with Crippen molar-refractivity contribution in [3.05, 3.63) is 0 Å². The maximum atomic E-state index is 5.44. The molecule has 0 bridgehead atoms. The van der Waals surface area contributed by atoms with Gasteiger partial charge in [-0.1, -0.05) is 0 Å². The molecule has 1 rings (SSSR count). The van der Waals surface area contributed by atoms with E-state index in [0.717, 1.165) is 18.7 Å². The Morgan fingerprint density at radius 3 is 3.11 bits per heavy atom. The molecule has 0 radical (unpaired) electrons. The van der Waals surface area contributed by atoms with Gasteiger partial charge in [0.25, 0.3) is 0 Å². The van der Waals surface area contributed by atoms with Crippen LogP contribution in [0, 0.1) is 0 Å². The molecular weight excluding hydrogens is 135 g/mol. The normalized spacial score (nSPS) is 26.3. The molecule has 2 unspecified atom stereocenters. The van der Waals surface area contributed by atoms with Gasteiger partial charge >= 0.3 is 0 Å². The van der Waals surface area contributed by atoms with Crippen molar-refractivity contribution in [2.75, 3.05) is 6.61 Å². The second kappa shape index (κ2) is 3.14. The zero-order chi connectivity index (χ0) is 6.69. The Balaban J connectivity index is 2.29. The van der Waals surface area contributed by atoms with E-state index in [2.05, 4.69) is 14.5 Å². The summed E-state index contributed by atoms with van der Waals surface area (Å²) in [5.41, 5.74) is 5.44. The summed E-state index contributed by atoms with van der Waals surface area (Å²) in [7, 11) is 2.21. The zero-order valence-corrected chi connectivity index (χ0v) is 6.36. The smallest absolute Gasteiger partial charge is 0.0942 e. The third-order valence-corrected chi connectivity index (χ3v) is 1.56. The SMILES string of the molecule is NC1=NC(COP)CC1. The third-order valence-electron chi connectivity index (χ3n) is 1.37. The molecule has 2 atom stereocenters. The molecule has 52 valence electrons. The summed E-state index contributed by atoms with van der Waals surface area (Å²) in [6, 6.07) is 0.308. The summed E-state index contributed by atoms with van der Waals surface area (Å²) < 4.78 is 4.83. The molecule has 0 aliphatic carbocycles. The van der Waals surface area contributed by atoms with Crippen LogP contribution in [0.15, 0.2) is 4.99 Å². The van der Waals surface area contributed by atoms with Gasteiger partial charge in [-0.2, -0.15) is 0 Å². The topological polar surface area (TPSA) is 47.6 Å². The second-order valence-electron chi connectivity index (χ2n) is 2.15. The van der Waals surface area contributed by atoms with Gasteiger partial charge < -0.3 is 10.3 Å². The lowest BCUT2D eigenvalue weighted by atomic mass is 10.2. The molecule has 0 spiro atoms. The maximum Gasteiger partial charge on any atom is 0.0942 e. The minimum Gasteiger partial charge on any atom is -0.387 e. The highest BCUT2D eigenvalue weighted by Gasteiger charge is 2.13. The van der Waals surface area contributed by atoms with Crippen molar-refractivity contribution in [2.24, 2.45) is 10.7 Å². The average molecular weight is 146 g/mol. The van der Waals surface area contributed by atoms with Crippen molar-refractivity contribution < 1.29 is 4.52 Å². The number of rotatable bonds is 2. The fourth-order valence-electron chi connectivity index (χ4n) is 0.910. The van der Waals surface area contributed by atoms with E-state index in [1.807, 2.05) is 0 Å². The van der Waals surface area contributed by atoms with Crippen LogP contribution in [-0.2, 0) is 4.52 Å². The van der Waals surface area contributed by atoms with Crippen LogP contribution >= 0.6 is 9.47 Å². The van der Waals surface area contributed by atoms with Crippen LogP contribution in [0.1, 0.15) is 12.8 Å². The largest absolute Gasteiger partial charge is 0.387 e. The molecule has 0 fully saturated rings. The first-order valence-electron chi connectivity index (χ1n) is 2.96. The van der Waals surface area contributed by atoms with Gasteiger partial charge in [0.15, 0.2) is 0 Å². The lowest BCUT2D eigenvalue weighted by Crippen LogP contribution is -2.07. The lowest BCUT2D eigenvalue weighted by Gasteiger charge is -2.01. The molecule has 2 N–H and O–H groups in total. The van der Waals surface area contributed by atoms with E-state index < -0.39 is 0 Å². The molecule has 1 aliphatic heterocycles. The molecule has 0 saturated heterocycles. The molecule has 1 aliphatic rings. The van der Waals surface area contributed by atoms with Crippen LogP contribution in [0.5, 0.6) is 0 Å². The van der Waals surface area contributed by atoms with Crippen LogP contribution in [0.25, 0.3) is 0 Å². The Hall–Kier alpha value is -0.140. The predicted molar refractivity (Wildman–Crippen MR) is 40.3 cm³/mol. The van der Waals surface area contributed by atoms with E-state index >= 15 is 0 Å². The molecular formula is C5H11N2OP. The summed E-state index contributed by atoms with van der Waals surface area (Å²) >= 11 is 0. The first-order valence-corrected chi connectivity index (χ1v) is 3.44. The quantitative estimate of drug-likeness (QED) is 0.570.